The molecule has 0 aliphatic heterocycles. The second kappa shape index (κ2) is 18.1. The van der Waals surface area contributed by atoms with Crippen LogP contribution in [0.5, 0.6) is 0 Å². The van der Waals surface area contributed by atoms with E-state index in [9.17, 15) is 19.4 Å². The molecule has 0 aromatic carbocycles. The molecule has 2 unspecified atom stereocenters. The lowest BCUT2D eigenvalue weighted by Crippen LogP contribution is -2.23. The number of rotatable bonds is 20. The molecule has 7 nitrogen and oxygen atoms in total. The van der Waals surface area contributed by atoms with Crippen molar-refractivity contribution >= 4 is 13.8 Å². The summed E-state index contributed by atoms with van der Waals surface area (Å²) in [6.07, 6.45) is 13.2. The summed E-state index contributed by atoms with van der Waals surface area (Å²) in [5.74, 6) is -0.639. The van der Waals surface area contributed by atoms with Gasteiger partial charge in [-0.2, -0.15) is 0 Å². The van der Waals surface area contributed by atoms with E-state index in [-0.39, 0.29) is 18.8 Å². The van der Waals surface area contributed by atoms with Gasteiger partial charge in [0.2, 0.25) is 0 Å². The van der Waals surface area contributed by atoms with Crippen molar-refractivity contribution < 1.29 is 33.1 Å². The average Bonchev–Trinajstić information content (AvgIpc) is 2.68. The molecule has 0 aliphatic carbocycles. The standard InChI is InChI=1S/C21H41O7P/c1-4-5-6-7-8-9-10-11-12-13-14-15-16-27-29(24,25)28-18-20(22)17-26-21(23)19(2)3/h20,22H,2,4-18H2,1,3H3,(H,24,25). The zero-order chi connectivity index (χ0) is 22.0. The number of aliphatic hydroxyl groups is 1. The molecule has 2 N–H and O–H groups in total. The van der Waals surface area contributed by atoms with Crippen LogP contribution in [0.1, 0.15) is 90.9 Å². The molecule has 0 amide bonds. The van der Waals surface area contributed by atoms with Crippen molar-refractivity contribution in [2.45, 2.75) is 97.0 Å². The molecule has 172 valence electrons. The van der Waals surface area contributed by atoms with E-state index < -0.39 is 26.5 Å². The normalized spacial score (nSPS) is 14.3. The minimum atomic E-state index is -4.21. The molecule has 0 rings (SSSR count). The number of unbranched alkanes of at least 4 members (excludes halogenated alkanes) is 11. The molecule has 0 radical (unpaired) electrons. The predicted octanol–water partition coefficient (Wildman–Crippen LogP) is 5.30. The second-order valence-corrected chi connectivity index (χ2v) is 8.97. The molecule has 0 bridgehead atoms. The lowest BCUT2D eigenvalue weighted by molar-refractivity contribution is -0.142. The molecule has 0 spiro atoms. The largest absolute Gasteiger partial charge is 0.472 e. The molecule has 0 saturated heterocycles. The van der Waals surface area contributed by atoms with Gasteiger partial charge in [-0.25, -0.2) is 9.36 Å². The molecule has 29 heavy (non-hydrogen) atoms. The fourth-order valence-corrected chi connectivity index (χ4v) is 3.48. The van der Waals surface area contributed by atoms with Crippen LogP contribution in [0.25, 0.3) is 0 Å². The van der Waals surface area contributed by atoms with Crippen LogP contribution in [0.4, 0.5) is 0 Å². The fourth-order valence-electron chi connectivity index (χ4n) is 2.68. The topological polar surface area (TPSA) is 102 Å². The maximum Gasteiger partial charge on any atom is 0.472 e. The Balaban J connectivity index is 3.55. The molecule has 2 atom stereocenters. The van der Waals surface area contributed by atoms with Crippen molar-refractivity contribution in [1.29, 1.82) is 0 Å². The highest BCUT2D eigenvalue weighted by Gasteiger charge is 2.23. The van der Waals surface area contributed by atoms with Crippen LogP contribution in [0.3, 0.4) is 0 Å². The Morgan fingerprint density at radius 2 is 1.38 bits per heavy atom. The van der Waals surface area contributed by atoms with Gasteiger partial charge in [-0.15, -0.1) is 0 Å². The summed E-state index contributed by atoms with van der Waals surface area (Å²) in [4.78, 5) is 20.8. The predicted molar refractivity (Wildman–Crippen MR) is 115 cm³/mol. The molecule has 0 saturated carbocycles. The van der Waals surface area contributed by atoms with Gasteiger partial charge in [-0.05, 0) is 13.3 Å². The van der Waals surface area contributed by atoms with Gasteiger partial charge < -0.3 is 14.7 Å². The first-order chi connectivity index (χ1) is 13.8. The highest BCUT2D eigenvalue weighted by Crippen LogP contribution is 2.43. The van der Waals surface area contributed by atoms with Crippen LogP contribution in [0.15, 0.2) is 12.2 Å². The van der Waals surface area contributed by atoms with Crippen LogP contribution in [0.2, 0.25) is 0 Å². The Morgan fingerprint density at radius 1 is 0.897 bits per heavy atom. The van der Waals surface area contributed by atoms with Gasteiger partial charge >= 0.3 is 13.8 Å². The number of esters is 1. The summed E-state index contributed by atoms with van der Waals surface area (Å²) in [5.41, 5.74) is 0.205. The number of carbonyl (C=O) groups excluding carboxylic acids is 1. The summed E-state index contributed by atoms with van der Waals surface area (Å²) >= 11 is 0. The van der Waals surface area contributed by atoms with Crippen molar-refractivity contribution in [3.8, 4) is 0 Å². The Morgan fingerprint density at radius 3 is 1.86 bits per heavy atom. The van der Waals surface area contributed by atoms with Gasteiger partial charge in [0.05, 0.1) is 13.2 Å². The van der Waals surface area contributed by atoms with E-state index in [1.807, 2.05) is 0 Å². The van der Waals surface area contributed by atoms with Crippen molar-refractivity contribution in [3.63, 3.8) is 0 Å². The van der Waals surface area contributed by atoms with Crippen molar-refractivity contribution in [2.75, 3.05) is 19.8 Å². The molecule has 0 aromatic rings. The minimum Gasteiger partial charge on any atom is -0.460 e. The molecular weight excluding hydrogens is 395 g/mol. The number of hydrogen-bond acceptors (Lipinski definition) is 6. The molecule has 0 fully saturated rings. The van der Waals surface area contributed by atoms with Crippen LogP contribution >= 0.6 is 7.82 Å². The quantitative estimate of drug-likeness (QED) is 0.115. The average molecular weight is 437 g/mol. The Labute approximate surface area is 176 Å². The van der Waals surface area contributed by atoms with Gasteiger partial charge in [-0.1, -0.05) is 84.1 Å². The third-order valence-corrected chi connectivity index (χ3v) is 5.42. The summed E-state index contributed by atoms with van der Waals surface area (Å²) in [5, 5.41) is 9.61. The SMILES string of the molecule is C=C(C)C(=O)OCC(O)COP(=O)(O)OCCCCCCCCCCCCCC. The highest BCUT2D eigenvalue weighted by molar-refractivity contribution is 7.47. The van der Waals surface area contributed by atoms with Crippen LogP contribution < -0.4 is 0 Å². The lowest BCUT2D eigenvalue weighted by Gasteiger charge is -2.15. The van der Waals surface area contributed by atoms with Gasteiger partial charge in [0.1, 0.15) is 12.7 Å². The van der Waals surface area contributed by atoms with Gasteiger partial charge in [0, 0.05) is 5.57 Å². The van der Waals surface area contributed by atoms with Gasteiger partial charge in [0.15, 0.2) is 0 Å². The van der Waals surface area contributed by atoms with Crippen LogP contribution in [-0.2, 0) is 23.1 Å². The highest BCUT2D eigenvalue weighted by atomic mass is 31.2. The van der Waals surface area contributed by atoms with Crippen LogP contribution in [0, 0.1) is 0 Å². The first-order valence-electron chi connectivity index (χ1n) is 10.9. The summed E-state index contributed by atoms with van der Waals surface area (Å²) in [6.45, 7) is 6.45. The molecule has 8 heteroatoms. The zero-order valence-corrected chi connectivity index (χ0v) is 19.2. The molecule has 0 aliphatic rings. The van der Waals surface area contributed by atoms with Crippen molar-refractivity contribution in [3.05, 3.63) is 12.2 Å². The third-order valence-electron chi connectivity index (χ3n) is 4.44. The third kappa shape index (κ3) is 19.0. The Hall–Kier alpha value is -0.720. The second-order valence-electron chi connectivity index (χ2n) is 7.52. The summed E-state index contributed by atoms with van der Waals surface area (Å²) in [6, 6.07) is 0. The maximum atomic E-state index is 11.7. The van der Waals surface area contributed by atoms with E-state index in [0.717, 1.165) is 12.8 Å². The van der Waals surface area contributed by atoms with E-state index in [1.165, 1.54) is 64.7 Å². The minimum absolute atomic E-state index is 0.131. The first-order valence-corrected chi connectivity index (χ1v) is 12.4. The maximum absolute atomic E-state index is 11.7. The van der Waals surface area contributed by atoms with Crippen LogP contribution in [-0.4, -0.2) is 41.9 Å². The Bertz CT molecular complexity index is 482. The van der Waals surface area contributed by atoms with Gasteiger partial charge in [-0.3, -0.25) is 9.05 Å². The number of hydrogen-bond donors (Lipinski definition) is 2. The number of aliphatic hydroxyl groups excluding tert-OH is 1. The lowest BCUT2D eigenvalue weighted by atomic mass is 10.1. The van der Waals surface area contributed by atoms with E-state index >= 15 is 0 Å². The fraction of sp³-hybridized carbons (Fsp3) is 0.857. The van der Waals surface area contributed by atoms with E-state index in [4.69, 9.17) is 13.8 Å². The Kier molecular flexibility index (Phi) is 17.6. The smallest absolute Gasteiger partial charge is 0.460 e. The van der Waals surface area contributed by atoms with E-state index in [1.54, 1.807) is 0 Å². The summed E-state index contributed by atoms with van der Waals surface area (Å²) in [7, 11) is -4.21. The number of phosphoric acid groups is 1. The number of phosphoric ester groups is 1. The molecule has 0 heterocycles. The molecular formula is C21H41O7P. The van der Waals surface area contributed by atoms with Crippen molar-refractivity contribution in [2.24, 2.45) is 0 Å². The first kappa shape index (κ1) is 28.3. The number of carbonyl (C=O) groups is 1. The van der Waals surface area contributed by atoms with Crippen molar-refractivity contribution in [1.82, 2.24) is 0 Å². The zero-order valence-electron chi connectivity index (χ0n) is 18.3. The molecule has 0 aromatic heterocycles. The van der Waals surface area contributed by atoms with E-state index in [0.29, 0.717) is 6.42 Å². The van der Waals surface area contributed by atoms with E-state index in [2.05, 4.69) is 13.5 Å². The monoisotopic (exact) mass is 436 g/mol. The number of ether oxygens (including phenoxy) is 1. The van der Waals surface area contributed by atoms with Gasteiger partial charge in [0.25, 0.3) is 0 Å². The summed E-state index contributed by atoms with van der Waals surface area (Å²) < 4.78 is 26.1.